The van der Waals surface area contributed by atoms with E-state index < -0.39 is 10.0 Å². The van der Waals surface area contributed by atoms with Crippen LogP contribution in [-0.2, 0) is 21.3 Å². The number of hydrogen-bond acceptors (Lipinski definition) is 5. The second kappa shape index (κ2) is 12.0. The van der Waals surface area contributed by atoms with Crippen molar-refractivity contribution in [3.05, 3.63) is 35.9 Å². The van der Waals surface area contributed by atoms with Crippen LogP contribution >= 0.6 is 0 Å². The second-order valence-electron chi connectivity index (χ2n) is 6.77. The summed E-state index contributed by atoms with van der Waals surface area (Å²) in [7, 11) is -3.36. The minimum absolute atomic E-state index is 0.0106. The number of morpholine rings is 1. The summed E-state index contributed by atoms with van der Waals surface area (Å²) in [6, 6.07) is 9.79. The predicted octanol–water partition coefficient (Wildman–Crippen LogP) is 0.382. The summed E-state index contributed by atoms with van der Waals surface area (Å²) in [6.45, 7) is 9.47. The summed E-state index contributed by atoms with van der Waals surface area (Å²) in [6.07, 6.45) is 0. The van der Waals surface area contributed by atoms with E-state index in [0.717, 1.165) is 38.4 Å². The van der Waals surface area contributed by atoms with Gasteiger partial charge in [-0.3, -0.25) is 9.89 Å². The first-order valence-corrected chi connectivity index (χ1v) is 11.5. The molecule has 1 aromatic rings. The van der Waals surface area contributed by atoms with E-state index in [0.29, 0.717) is 31.6 Å². The molecule has 1 fully saturated rings. The molecule has 1 unspecified atom stereocenters. The van der Waals surface area contributed by atoms with Gasteiger partial charge < -0.3 is 15.4 Å². The zero-order chi connectivity index (χ0) is 20.2. The summed E-state index contributed by atoms with van der Waals surface area (Å²) in [4.78, 5) is 6.95. The van der Waals surface area contributed by atoms with Gasteiger partial charge in [0.2, 0.25) is 10.0 Å². The Bertz CT molecular complexity index is 691. The largest absolute Gasteiger partial charge is 0.379 e. The molecule has 1 heterocycles. The topological polar surface area (TPSA) is 95.1 Å². The summed E-state index contributed by atoms with van der Waals surface area (Å²) in [5.74, 6) is 0.629. The molecule has 2 rings (SSSR count). The fourth-order valence-electron chi connectivity index (χ4n) is 2.86. The van der Waals surface area contributed by atoms with Crippen molar-refractivity contribution >= 4 is 16.0 Å². The molecule has 8 nitrogen and oxygen atoms in total. The Morgan fingerprint density at radius 2 is 1.93 bits per heavy atom. The van der Waals surface area contributed by atoms with Crippen molar-refractivity contribution in [2.75, 3.05) is 51.7 Å². The Morgan fingerprint density at radius 1 is 1.21 bits per heavy atom. The third kappa shape index (κ3) is 8.55. The molecule has 28 heavy (non-hydrogen) atoms. The van der Waals surface area contributed by atoms with Gasteiger partial charge in [0, 0.05) is 38.8 Å². The third-order valence-corrected chi connectivity index (χ3v) is 5.85. The van der Waals surface area contributed by atoms with E-state index in [1.165, 1.54) is 0 Å². The van der Waals surface area contributed by atoms with Crippen molar-refractivity contribution in [1.82, 2.24) is 20.3 Å². The van der Waals surface area contributed by atoms with Crippen molar-refractivity contribution in [3.63, 3.8) is 0 Å². The van der Waals surface area contributed by atoms with E-state index >= 15 is 0 Å². The van der Waals surface area contributed by atoms with Gasteiger partial charge in [-0.25, -0.2) is 13.1 Å². The zero-order valence-electron chi connectivity index (χ0n) is 16.9. The molecule has 0 aromatic heterocycles. The van der Waals surface area contributed by atoms with Crippen LogP contribution in [-0.4, -0.2) is 77.0 Å². The molecule has 0 saturated carbocycles. The van der Waals surface area contributed by atoms with Crippen molar-refractivity contribution in [1.29, 1.82) is 0 Å². The highest BCUT2D eigenvalue weighted by Crippen LogP contribution is 2.03. The lowest BCUT2D eigenvalue weighted by Gasteiger charge is -2.31. The molecule has 9 heteroatoms. The van der Waals surface area contributed by atoms with Crippen molar-refractivity contribution < 1.29 is 13.2 Å². The standard InChI is InChI=1S/C19H33N5O3S/c1-3-20-19(22-15-17(2)24-10-12-27-13-11-24)21-9-14-28(25,26)23-16-18-7-5-4-6-8-18/h4-8,17,23H,3,9-16H2,1-2H3,(H2,20,21,22). The van der Waals surface area contributed by atoms with E-state index in [9.17, 15) is 8.42 Å². The predicted molar refractivity (Wildman–Crippen MR) is 113 cm³/mol. The molecule has 1 saturated heterocycles. The molecule has 158 valence electrons. The van der Waals surface area contributed by atoms with Crippen LogP contribution in [0.15, 0.2) is 35.3 Å². The maximum atomic E-state index is 12.2. The van der Waals surface area contributed by atoms with E-state index in [1.54, 1.807) is 0 Å². The number of guanidine groups is 1. The summed E-state index contributed by atoms with van der Waals surface area (Å²) >= 11 is 0. The lowest BCUT2D eigenvalue weighted by Crippen LogP contribution is -2.45. The van der Waals surface area contributed by atoms with Gasteiger partial charge in [-0.1, -0.05) is 30.3 Å². The van der Waals surface area contributed by atoms with E-state index in [2.05, 4.69) is 32.2 Å². The van der Waals surface area contributed by atoms with E-state index in [4.69, 9.17) is 4.74 Å². The SMILES string of the molecule is CCNC(=NCC(C)N1CCOCC1)NCCS(=O)(=O)NCc1ccccc1. The van der Waals surface area contributed by atoms with Crippen LogP contribution in [0.25, 0.3) is 0 Å². The smallest absolute Gasteiger partial charge is 0.213 e. The molecule has 0 spiro atoms. The van der Waals surface area contributed by atoms with Crippen molar-refractivity contribution in [3.8, 4) is 0 Å². The van der Waals surface area contributed by atoms with Crippen molar-refractivity contribution in [2.45, 2.75) is 26.4 Å². The van der Waals surface area contributed by atoms with E-state index in [1.807, 2.05) is 37.3 Å². The van der Waals surface area contributed by atoms with Crippen LogP contribution in [0.3, 0.4) is 0 Å². The number of nitrogens with one attached hydrogen (secondary N) is 3. The summed E-state index contributed by atoms with van der Waals surface area (Å²) < 4.78 is 32.4. The lowest BCUT2D eigenvalue weighted by molar-refractivity contribution is 0.0220. The Labute approximate surface area is 168 Å². The molecule has 1 aliphatic heterocycles. The minimum Gasteiger partial charge on any atom is -0.379 e. The van der Waals surface area contributed by atoms with E-state index in [-0.39, 0.29) is 5.75 Å². The van der Waals surface area contributed by atoms with Crippen LogP contribution in [0.1, 0.15) is 19.4 Å². The van der Waals surface area contributed by atoms with Crippen LogP contribution in [0.4, 0.5) is 0 Å². The first-order valence-electron chi connectivity index (χ1n) is 9.85. The number of nitrogens with zero attached hydrogens (tertiary/aromatic N) is 2. The van der Waals surface area contributed by atoms with Gasteiger partial charge in [0.05, 0.1) is 25.5 Å². The van der Waals surface area contributed by atoms with Gasteiger partial charge in [-0.05, 0) is 19.4 Å². The highest BCUT2D eigenvalue weighted by Gasteiger charge is 2.16. The molecule has 3 N–H and O–H groups in total. The Kier molecular flexibility index (Phi) is 9.69. The average molecular weight is 412 g/mol. The first-order chi connectivity index (χ1) is 13.5. The number of ether oxygens (including phenoxy) is 1. The fraction of sp³-hybridized carbons (Fsp3) is 0.632. The van der Waals surface area contributed by atoms with Gasteiger partial charge in [-0.2, -0.15) is 0 Å². The van der Waals surface area contributed by atoms with Gasteiger partial charge >= 0.3 is 0 Å². The molecule has 0 radical (unpaired) electrons. The third-order valence-electron chi connectivity index (χ3n) is 4.53. The molecule has 1 atom stereocenters. The minimum atomic E-state index is -3.36. The van der Waals surface area contributed by atoms with Gasteiger partial charge in [0.1, 0.15) is 0 Å². The second-order valence-corrected chi connectivity index (χ2v) is 8.70. The van der Waals surface area contributed by atoms with Crippen LogP contribution in [0.5, 0.6) is 0 Å². The maximum absolute atomic E-state index is 12.2. The van der Waals surface area contributed by atoms with Crippen LogP contribution in [0.2, 0.25) is 0 Å². The number of aliphatic imine (C=N–C) groups is 1. The van der Waals surface area contributed by atoms with Crippen LogP contribution < -0.4 is 15.4 Å². The zero-order valence-corrected chi connectivity index (χ0v) is 17.7. The quantitative estimate of drug-likeness (QED) is 0.381. The molecule has 0 aliphatic carbocycles. The number of sulfonamides is 1. The average Bonchev–Trinajstić information content (AvgIpc) is 2.71. The summed E-state index contributed by atoms with van der Waals surface area (Å²) in [5.41, 5.74) is 0.936. The molecule has 0 bridgehead atoms. The molecule has 0 amide bonds. The maximum Gasteiger partial charge on any atom is 0.213 e. The lowest BCUT2D eigenvalue weighted by atomic mass is 10.2. The molecular formula is C19H33N5O3S. The number of benzene rings is 1. The normalized spacial score (nSPS) is 17.3. The number of hydrogen-bond donors (Lipinski definition) is 3. The first kappa shape index (κ1) is 22.6. The molecular weight excluding hydrogens is 378 g/mol. The van der Waals surface area contributed by atoms with Gasteiger partial charge in [0.25, 0.3) is 0 Å². The highest BCUT2D eigenvalue weighted by atomic mass is 32.2. The Balaban J connectivity index is 1.76. The molecule has 1 aliphatic rings. The summed E-state index contributed by atoms with van der Waals surface area (Å²) in [5, 5.41) is 6.28. The monoisotopic (exact) mass is 411 g/mol. The molecule has 1 aromatic carbocycles. The van der Waals surface area contributed by atoms with Crippen LogP contribution in [0, 0.1) is 0 Å². The van der Waals surface area contributed by atoms with Gasteiger partial charge in [0.15, 0.2) is 5.96 Å². The fourth-order valence-corrected chi connectivity index (χ4v) is 3.77. The Hall–Kier alpha value is -1.68. The Morgan fingerprint density at radius 3 is 2.61 bits per heavy atom. The number of rotatable bonds is 10. The van der Waals surface area contributed by atoms with Crippen molar-refractivity contribution in [2.24, 2.45) is 4.99 Å². The van der Waals surface area contributed by atoms with Gasteiger partial charge in [-0.15, -0.1) is 0 Å². The highest BCUT2D eigenvalue weighted by molar-refractivity contribution is 7.89.